The summed E-state index contributed by atoms with van der Waals surface area (Å²) in [7, 11) is 0.115. The molecule has 0 radical (unpaired) electrons. The van der Waals surface area contributed by atoms with Crippen LogP contribution in [0.1, 0.15) is 9.75 Å². The maximum absolute atomic E-state index is 2.33. The van der Waals surface area contributed by atoms with Gasteiger partial charge >= 0.3 is 0 Å². The maximum Gasteiger partial charge on any atom is 0.00936 e. The second-order valence-electron chi connectivity index (χ2n) is 2.69. The summed E-state index contributed by atoms with van der Waals surface area (Å²) in [6.45, 7) is 9.02. The minimum absolute atomic E-state index is 0.115. The van der Waals surface area contributed by atoms with Crippen LogP contribution in [0.25, 0.3) is 0 Å². The largest absolute Gasteiger partial charge is 0.145 e. The fourth-order valence-corrected chi connectivity index (χ4v) is 3.74. The van der Waals surface area contributed by atoms with E-state index in [1.54, 1.807) is 5.30 Å². The molecule has 10 heavy (non-hydrogen) atoms. The number of aryl methyl sites for hydroxylation is 2. The van der Waals surface area contributed by atoms with Crippen molar-refractivity contribution < 1.29 is 0 Å². The Bertz CT molecular complexity index is 225. The van der Waals surface area contributed by atoms with E-state index in [9.17, 15) is 0 Å². The number of hydrogen-bond donors (Lipinski definition) is 0. The van der Waals surface area contributed by atoms with Gasteiger partial charge in [0.1, 0.15) is 0 Å². The van der Waals surface area contributed by atoms with Crippen molar-refractivity contribution in [1.82, 2.24) is 0 Å². The van der Waals surface area contributed by atoms with Crippen LogP contribution in [0.3, 0.4) is 0 Å². The summed E-state index contributed by atoms with van der Waals surface area (Å²) in [6.07, 6.45) is 0. The second kappa shape index (κ2) is 3.02. The van der Waals surface area contributed by atoms with Crippen LogP contribution in [-0.2, 0) is 0 Å². The number of rotatable bonds is 1. The van der Waals surface area contributed by atoms with Crippen LogP contribution in [0, 0.1) is 13.8 Å². The molecule has 0 bridgehead atoms. The molecule has 0 amide bonds. The Morgan fingerprint density at radius 1 is 1.30 bits per heavy atom. The molecule has 0 nitrogen and oxygen atoms in total. The molecule has 0 aromatic carbocycles. The molecule has 0 saturated carbocycles. The van der Waals surface area contributed by atoms with E-state index in [1.807, 2.05) is 11.3 Å². The molecule has 2 heteroatoms. The van der Waals surface area contributed by atoms with E-state index >= 15 is 0 Å². The smallest absolute Gasteiger partial charge is 0.00936 e. The summed E-state index contributed by atoms with van der Waals surface area (Å²) in [5, 5.41) is 1.58. The van der Waals surface area contributed by atoms with E-state index in [1.165, 1.54) is 9.75 Å². The molecule has 0 aliphatic rings. The topological polar surface area (TPSA) is 0 Å². The summed E-state index contributed by atoms with van der Waals surface area (Å²) >= 11 is 1.91. The molecular weight excluding hydrogens is 159 g/mol. The first-order valence-electron chi connectivity index (χ1n) is 3.35. The zero-order chi connectivity index (χ0) is 7.72. The van der Waals surface area contributed by atoms with E-state index in [-0.39, 0.29) is 7.92 Å². The molecule has 0 spiro atoms. The molecule has 0 saturated heterocycles. The van der Waals surface area contributed by atoms with E-state index in [0.29, 0.717) is 0 Å². The van der Waals surface area contributed by atoms with Gasteiger partial charge in [-0.05, 0) is 38.5 Å². The Morgan fingerprint density at radius 2 is 1.90 bits per heavy atom. The van der Waals surface area contributed by atoms with Crippen molar-refractivity contribution in [2.24, 2.45) is 0 Å². The van der Waals surface area contributed by atoms with Gasteiger partial charge in [-0.15, -0.1) is 11.3 Å². The predicted molar refractivity (Wildman–Crippen MR) is 52.2 cm³/mol. The average molecular weight is 172 g/mol. The molecule has 0 fully saturated rings. The Kier molecular flexibility index (Phi) is 2.49. The van der Waals surface area contributed by atoms with Crippen molar-refractivity contribution in [1.29, 1.82) is 0 Å². The average Bonchev–Trinajstić information content (AvgIpc) is 2.10. The quantitative estimate of drug-likeness (QED) is 0.571. The first-order chi connectivity index (χ1) is 4.61. The SMILES string of the molecule is Cc1cc(P(C)C)c(C)s1. The highest BCUT2D eigenvalue weighted by atomic mass is 32.1. The van der Waals surface area contributed by atoms with Gasteiger partial charge in [-0.3, -0.25) is 0 Å². The van der Waals surface area contributed by atoms with Gasteiger partial charge in [0.05, 0.1) is 0 Å². The summed E-state index contributed by atoms with van der Waals surface area (Å²) in [6, 6.07) is 2.33. The molecular formula is C8H13PS. The first kappa shape index (κ1) is 8.23. The van der Waals surface area contributed by atoms with Gasteiger partial charge in [0.15, 0.2) is 0 Å². The monoisotopic (exact) mass is 172 g/mol. The van der Waals surface area contributed by atoms with Crippen molar-refractivity contribution in [2.45, 2.75) is 13.8 Å². The van der Waals surface area contributed by atoms with Gasteiger partial charge in [-0.2, -0.15) is 0 Å². The standard InChI is InChI=1S/C8H13PS/c1-6-5-8(9(3)4)7(2)10-6/h5H,1-4H3. The molecule has 1 heterocycles. The molecule has 0 unspecified atom stereocenters. The Hall–Kier alpha value is 0.130. The summed E-state index contributed by atoms with van der Waals surface area (Å²) in [5.74, 6) is 0. The van der Waals surface area contributed by atoms with Crippen LogP contribution < -0.4 is 5.30 Å². The van der Waals surface area contributed by atoms with Gasteiger partial charge in [0.2, 0.25) is 0 Å². The third kappa shape index (κ3) is 1.59. The van der Waals surface area contributed by atoms with Crippen molar-refractivity contribution in [3.63, 3.8) is 0 Å². The van der Waals surface area contributed by atoms with Gasteiger partial charge in [-0.1, -0.05) is 7.92 Å². The second-order valence-corrected chi connectivity index (χ2v) is 6.42. The first-order valence-corrected chi connectivity index (χ1v) is 6.41. The Morgan fingerprint density at radius 3 is 2.10 bits per heavy atom. The summed E-state index contributed by atoms with van der Waals surface area (Å²) in [5.41, 5.74) is 0. The van der Waals surface area contributed by atoms with Crippen LogP contribution >= 0.6 is 19.3 Å². The van der Waals surface area contributed by atoms with E-state index in [2.05, 4.69) is 33.2 Å². The normalized spacial score (nSPS) is 10.9. The lowest BCUT2D eigenvalue weighted by Gasteiger charge is -2.01. The van der Waals surface area contributed by atoms with Crippen molar-refractivity contribution in [3.8, 4) is 0 Å². The molecule has 1 rings (SSSR count). The van der Waals surface area contributed by atoms with E-state index in [4.69, 9.17) is 0 Å². The molecule has 0 aliphatic heterocycles. The molecule has 0 aliphatic carbocycles. The van der Waals surface area contributed by atoms with Gasteiger partial charge in [0, 0.05) is 9.75 Å². The lowest BCUT2D eigenvalue weighted by atomic mass is 10.4. The number of hydrogen-bond acceptors (Lipinski definition) is 1. The number of thiophene rings is 1. The highest BCUT2D eigenvalue weighted by molar-refractivity contribution is 7.64. The van der Waals surface area contributed by atoms with Crippen LogP contribution in [0.5, 0.6) is 0 Å². The maximum atomic E-state index is 2.33. The zero-order valence-electron chi connectivity index (χ0n) is 6.93. The predicted octanol–water partition coefficient (Wildman–Crippen LogP) is 2.73. The molecule has 56 valence electrons. The lowest BCUT2D eigenvalue weighted by molar-refractivity contribution is 1.65. The zero-order valence-corrected chi connectivity index (χ0v) is 8.64. The summed E-state index contributed by atoms with van der Waals surface area (Å²) < 4.78 is 0. The lowest BCUT2D eigenvalue weighted by Crippen LogP contribution is -1.96. The minimum atomic E-state index is 0.115. The fourth-order valence-electron chi connectivity index (χ4n) is 1.06. The van der Waals surface area contributed by atoms with Gasteiger partial charge in [0.25, 0.3) is 0 Å². The van der Waals surface area contributed by atoms with E-state index < -0.39 is 0 Å². The van der Waals surface area contributed by atoms with Crippen LogP contribution in [-0.4, -0.2) is 13.3 Å². The van der Waals surface area contributed by atoms with Gasteiger partial charge in [-0.25, -0.2) is 0 Å². The Balaban J connectivity index is 3.03. The Labute approximate surface area is 68.0 Å². The van der Waals surface area contributed by atoms with Crippen LogP contribution in [0.15, 0.2) is 6.07 Å². The highest BCUT2D eigenvalue weighted by Gasteiger charge is 2.04. The molecule has 0 atom stereocenters. The van der Waals surface area contributed by atoms with Crippen molar-refractivity contribution in [2.75, 3.05) is 13.3 Å². The third-order valence-corrected chi connectivity index (χ3v) is 4.04. The van der Waals surface area contributed by atoms with Gasteiger partial charge < -0.3 is 0 Å². The fraction of sp³-hybridized carbons (Fsp3) is 0.500. The molecule has 0 N–H and O–H groups in total. The molecule has 1 aromatic rings. The van der Waals surface area contributed by atoms with Crippen molar-refractivity contribution >= 4 is 24.6 Å². The van der Waals surface area contributed by atoms with E-state index in [0.717, 1.165) is 0 Å². The molecule has 1 aromatic heterocycles. The van der Waals surface area contributed by atoms with Crippen LogP contribution in [0.2, 0.25) is 0 Å². The van der Waals surface area contributed by atoms with Crippen molar-refractivity contribution in [3.05, 3.63) is 15.8 Å². The third-order valence-electron chi connectivity index (χ3n) is 1.50. The van der Waals surface area contributed by atoms with Crippen LogP contribution in [0.4, 0.5) is 0 Å². The minimum Gasteiger partial charge on any atom is -0.145 e. The highest BCUT2D eigenvalue weighted by Crippen LogP contribution is 2.29. The summed E-state index contributed by atoms with van der Waals surface area (Å²) in [4.78, 5) is 2.96.